The number of nitrogens with zero attached hydrogens (tertiary/aromatic N) is 4. The molecule has 9 heteroatoms. The minimum Gasteiger partial charge on any atom is -0.483 e. The molecule has 2 aromatic heterocycles. The van der Waals surface area contributed by atoms with Crippen LogP contribution >= 0.6 is 23.1 Å². The first-order chi connectivity index (χ1) is 13.5. The molecule has 1 aromatic carbocycles. The lowest BCUT2D eigenvalue weighted by Gasteiger charge is -2.14. The zero-order valence-corrected chi connectivity index (χ0v) is 17.9. The molecule has 3 rings (SSSR count). The molecule has 0 saturated carbocycles. The van der Waals surface area contributed by atoms with Gasteiger partial charge in [0, 0.05) is 18.1 Å². The summed E-state index contributed by atoms with van der Waals surface area (Å²) in [7, 11) is 1.87. The number of thioether (sulfide) groups is 1. The molecule has 1 amide bonds. The monoisotopic (exact) mass is 417 g/mol. The predicted octanol–water partition coefficient (Wildman–Crippen LogP) is 4.01. The zero-order valence-electron chi connectivity index (χ0n) is 16.3. The standard InChI is InChI=1S/C19H23N5O2S2/c1-5-14-6-8-15(9-7-14)26-13(3)17-22-23-19(24(17)4)27-11-16(25)21-18-20-10-12(2)28-18/h6-10,13H,5,11H2,1-4H3,(H,20,21,25)/t13-/m1/s1. The maximum absolute atomic E-state index is 12.1. The normalized spacial score (nSPS) is 12.0. The van der Waals surface area contributed by atoms with E-state index in [1.807, 2.05) is 37.6 Å². The SMILES string of the molecule is CCc1ccc(O[C@H](C)c2nnc(SCC(=O)Nc3ncc(C)s3)n2C)cc1. The molecule has 0 spiro atoms. The van der Waals surface area contributed by atoms with Gasteiger partial charge < -0.3 is 14.6 Å². The second-order valence-electron chi connectivity index (χ2n) is 6.27. The Morgan fingerprint density at radius 2 is 2.07 bits per heavy atom. The molecule has 1 atom stereocenters. The van der Waals surface area contributed by atoms with E-state index in [0.29, 0.717) is 16.1 Å². The van der Waals surface area contributed by atoms with Crippen LogP contribution in [0.4, 0.5) is 5.13 Å². The molecule has 0 saturated heterocycles. The van der Waals surface area contributed by atoms with Crippen LogP contribution in [0.2, 0.25) is 0 Å². The van der Waals surface area contributed by atoms with E-state index in [2.05, 4.69) is 39.6 Å². The topological polar surface area (TPSA) is 81.9 Å². The van der Waals surface area contributed by atoms with Crippen LogP contribution in [-0.2, 0) is 18.3 Å². The van der Waals surface area contributed by atoms with Crippen LogP contribution in [0.25, 0.3) is 0 Å². The molecule has 0 fully saturated rings. The number of carbonyl (C=O) groups is 1. The second-order valence-corrected chi connectivity index (χ2v) is 8.45. The third-order valence-electron chi connectivity index (χ3n) is 4.08. The third-order valence-corrected chi connectivity index (χ3v) is 5.93. The van der Waals surface area contributed by atoms with Gasteiger partial charge in [0.2, 0.25) is 5.91 Å². The van der Waals surface area contributed by atoms with Crippen molar-refractivity contribution < 1.29 is 9.53 Å². The molecule has 0 unspecified atom stereocenters. The van der Waals surface area contributed by atoms with E-state index in [4.69, 9.17) is 4.74 Å². The number of ether oxygens (including phenoxy) is 1. The Bertz CT molecular complexity index is 936. The molecule has 7 nitrogen and oxygen atoms in total. The quantitative estimate of drug-likeness (QED) is 0.558. The van der Waals surface area contributed by atoms with E-state index < -0.39 is 0 Å². The summed E-state index contributed by atoms with van der Waals surface area (Å²) in [6.07, 6.45) is 2.47. The first-order valence-corrected chi connectivity index (χ1v) is 10.8. The number of nitrogens with one attached hydrogen (secondary N) is 1. The average molecular weight is 418 g/mol. The molecule has 0 aliphatic heterocycles. The fraction of sp³-hybridized carbons (Fsp3) is 0.368. The van der Waals surface area contributed by atoms with Crippen molar-refractivity contribution in [2.75, 3.05) is 11.1 Å². The summed E-state index contributed by atoms with van der Waals surface area (Å²) in [5, 5.41) is 12.5. The highest BCUT2D eigenvalue weighted by Crippen LogP contribution is 2.24. The summed E-state index contributed by atoms with van der Waals surface area (Å²) in [5.74, 6) is 1.61. The van der Waals surface area contributed by atoms with E-state index in [-0.39, 0.29) is 17.8 Å². The molecule has 0 radical (unpaired) electrons. The van der Waals surface area contributed by atoms with E-state index >= 15 is 0 Å². The van der Waals surface area contributed by atoms with Gasteiger partial charge in [-0.05, 0) is 38.0 Å². The van der Waals surface area contributed by atoms with Crippen molar-refractivity contribution in [2.45, 2.75) is 38.5 Å². The number of rotatable bonds is 8. The van der Waals surface area contributed by atoms with Crippen LogP contribution in [0.5, 0.6) is 5.75 Å². The van der Waals surface area contributed by atoms with Gasteiger partial charge in [-0.15, -0.1) is 21.5 Å². The van der Waals surface area contributed by atoms with Crippen LogP contribution in [0.15, 0.2) is 35.6 Å². The summed E-state index contributed by atoms with van der Waals surface area (Å²) >= 11 is 2.78. The molecular formula is C19H23N5O2S2. The van der Waals surface area contributed by atoms with Gasteiger partial charge in [-0.3, -0.25) is 4.79 Å². The van der Waals surface area contributed by atoms with Crippen molar-refractivity contribution in [3.63, 3.8) is 0 Å². The van der Waals surface area contributed by atoms with Crippen LogP contribution in [0, 0.1) is 6.92 Å². The van der Waals surface area contributed by atoms with Crippen molar-refractivity contribution in [3.05, 3.63) is 46.7 Å². The Morgan fingerprint density at radius 1 is 1.32 bits per heavy atom. The fourth-order valence-corrected chi connectivity index (χ4v) is 3.96. The second kappa shape index (κ2) is 9.20. The number of aryl methyl sites for hydroxylation is 2. The highest BCUT2D eigenvalue weighted by Gasteiger charge is 2.18. The molecule has 3 aromatic rings. The van der Waals surface area contributed by atoms with Crippen LogP contribution in [0.1, 0.15) is 36.2 Å². The number of thiazole rings is 1. The van der Waals surface area contributed by atoms with Gasteiger partial charge in [-0.1, -0.05) is 30.8 Å². The van der Waals surface area contributed by atoms with Crippen molar-refractivity contribution in [1.82, 2.24) is 19.7 Å². The molecule has 2 heterocycles. The van der Waals surface area contributed by atoms with E-state index in [1.165, 1.54) is 28.7 Å². The number of aromatic nitrogens is 4. The number of hydrogen-bond acceptors (Lipinski definition) is 7. The van der Waals surface area contributed by atoms with Gasteiger partial charge in [-0.2, -0.15) is 0 Å². The average Bonchev–Trinajstić information content (AvgIpc) is 3.26. The summed E-state index contributed by atoms with van der Waals surface area (Å²) in [6, 6.07) is 8.04. The number of benzene rings is 1. The molecule has 28 heavy (non-hydrogen) atoms. The van der Waals surface area contributed by atoms with Crippen molar-refractivity contribution in [2.24, 2.45) is 7.05 Å². The molecule has 0 aliphatic carbocycles. The highest BCUT2D eigenvalue weighted by molar-refractivity contribution is 7.99. The Balaban J connectivity index is 1.56. The van der Waals surface area contributed by atoms with Gasteiger partial charge >= 0.3 is 0 Å². The maximum Gasteiger partial charge on any atom is 0.236 e. The summed E-state index contributed by atoms with van der Waals surface area (Å²) < 4.78 is 7.84. The zero-order chi connectivity index (χ0) is 20.1. The van der Waals surface area contributed by atoms with Crippen LogP contribution < -0.4 is 10.1 Å². The summed E-state index contributed by atoms with van der Waals surface area (Å²) in [5.41, 5.74) is 1.27. The minimum absolute atomic E-state index is 0.121. The van der Waals surface area contributed by atoms with E-state index in [0.717, 1.165) is 17.0 Å². The van der Waals surface area contributed by atoms with Crippen LogP contribution in [-0.4, -0.2) is 31.4 Å². The van der Waals surface area contributed by atoms with Gasteiger partial charge in [0.25, 0.3) is 0 Å². The lowest BCUT2D eigenvalue weighted by molar-refractivity contribution is -0.113. The first kappa shape index (κ1) is 20.3. The third kappa shape index (κ3) is 5.11. The fourth-order valence-electron chi connectivity index (χ4n) is 2.56. The number of hydrogen-bond donors (Lipinski definition) is 1. The lowest BCUT2D eigenvalue weighted by Crippen LogP contribution is -2.14. The smallest absolute Gasteiger partial charge is 0.236 e. The number of amides is 1. The van der Waals surface area contributed by atoms with Gasteiger partial charge in [-0.25, -0.2) is 4.98 Å². The highest BCUT2D eigenvalue weighted by atomic mass is 32.2. The Labute approximate surface area is 172 Å². The van der Waals surface area contributed by atoms with Gasteiger partial charge in [0.05, 0.1) is 5.75 Å². The molecule has 1 N–H and O–H groups in total. The molecule has 148 valence electrons. The number of anilines is 1. The first-order valence-electron chi connectivity index (χ1n) is 8.96. The lowest BCUT2D eigenvalue weighted by atomic mass is 10.2. The maximum atomic E-state index is 12.1. The summed E-state index contributed by atoms with van der Waals surface area (Å²) in [4.78, 5) is 17.3. The molecular weight excluding hydrogens is 394 g/mol. The van der Waals surface area contributed by atoms with Gasteiger partial charge in [0.15, 0.2) is 22.2 Å². The van der Waals surface area contributed by atoms with Gasteiger partial charge in [0.1, 0.15) is 5.75 Å². The molecule has 0 bridgehead atoms. The number of carbonyl (C=O) groups excluding carboxylic acids is 1. The minimum atomic E-state index is -0.258. The Morgan fingerprint density at radius 3 is 2.71 bits per heavy atom. The van der Waals surface area contributed by atoms with Crippen molar-refractivity contribution >= 4 is 34.1 Å². The van der Waals surface area contributed by atoms with E-state index in [1.54, 1.807) is 6.20 Å². The predicted molar refractivity (Wildman–Crippen MR) is 112 cm³/mol. The molecule has 0 aliphatic rings. The van der Waals surface area contributed by atoms with Crippen LogP contribution in [0.3, 0.4) is 0 Å². The largest absolute Gasteiger partial charge is 0.483 e. The Hall–Kier alpha value is -2.39. The van der Waals surface area contributed by atoms with E-state index in [9.17, 15) is 4.79 Å². The van der Waals surface area contributed by atoms with Crippen molar-refractivity contribution in [1.29, 1.82) is 0 Å². The van der Waals surface area contributed by atoms with Crippen molar-refractivity contribution in [3.8, 4) is 5.75 Å². The Kier molecular flexibility index (Phi) is 6.69. The summed E-state index contributed by atoms with van der Waals surface area (Å²) in [6.45, 7) is 6.00.